The molecule has 0 amide bonds. The van der Waals surface area contributed by atoms with E-state index >= 15 is 0 Å². The van der Waals surface area contributed by atoms with Crippen molar-refractivity contribution < 1.29 is 132 Å². The molecule has 4 aromatic carbocycles. The predicted octanol–water partition coefficient (Wildman–Crippen LogP) is 2.54. The quantitative estimate of drug-likeness (QED) is 0.0340. The van der Waals surface area contributed by atoms with Crippen LogP contribution in [-0.4, -0.2) is 52.6 Å². The monoisotopic (exact) mass is 1130 g/mol. The molecule has 0 spiro atoms. The molecule has 0 saturated heterocycles. The first-order valence-electron chi connectivity index (χ1n) is 21.8. The second-order valence-electron chi connectivity index (χ2n) is 15.8. The van der Waals surface area contributed by atoms with E-state index in [-0.39, 0.29) is 127 Å². The Labute approximate surface area is 499 Å². The number of benzene rings is 4. The van der Waals surface area contributed by atoms with Gasteiger partial charge in [0.1, 0.15) is 23.0 Å². The third kappa shape index (κ3) is 35.5. The summed E-state index contributed by atoms with van der Waals surface area (Å²) >= 11 is 0. The van der Waals surface area contributed by atoms with Crippen molar-refractivity contribution in [1.29, 1.82) is 0 Å². The minimum absolute atomic E-state index is 0. The zero-order chi connectivity index (χ0) is 53.4. The van der Waals surface area contributed by atoms with Crippen molar-refractivity contribution in [2.45, 2.75) is 81.6 Å². The van der Waals surface area contributed by atoms with Crippen molar-refractivity contribution >= 4 is 0 Å². The average Bonchev–Trinajstić information content (AvgIpc) is 3.30. The van der Waals surface area contributed by atoms with E-state index in [9.17, 15) is 20.4 Å². The first kappa shape index (κ1) is 80.8. The van der Waals surface area contributed by atoms with Crippen molar-refractivity contribution in [3.63, 3.8) is 0 Å². The number of hydrogen-bond acceptors (Lipinski definition) is 12. The van der Waals surface area contributed by atoms with Crippen LogP contribution in [0.3, 0.4) is 0 Å². The van der Waals surface area contributed by atoms with Crippen molar-refractivity contribution in [3.8, 4) is 46.0 Å². The van der Waals surface area contributed by atoms with Gasteiger partial charge in [0.05, 0.1) is 26.4 Å². The van der Waals surface area contributed by atoms with Crippen molar-refractivity contribution in [2.24, 2.45) is 10.8 Å². The van der Waals surface area contributed by atoms with Crippen LogP contribution in [0.5, 0.6) is 46.0 Å². The number of rotatable bonds is 24. The minimum atomic E-state index is -0.0602. The topological polar surface area (TPSA) is 412 Å². The van der Waals surface area contributed by atoms with Gasteiger partial charge in [0.2, 0.25) is 0 Å². The Morgan fingerprint density at radius 2 is 0.541 bits per heavy atom. The number of para-hydroxylation sites is 4. The van der Waals surface area contributed by atoms with Gasteiger partial charge in [-0.2, -0.15) is 0 Å². The van der Waals surface area contributed by atoms with Crippen LogP contribution >= 0.6 is 0 Å². The molecule has 396 valence electrons. The summed E-state index contributed by atoms with van der Waals surface area (Å²) in [5, 5.41) is 62.8. The zero-order valence-corrected chi connectivity index (χ0v) is 49.8. The van der Waals surface area contributed by atoms with Gasteiger partial charge in [0, 0.05) is 52.4 Å². The maximum atomic E-state index is 12.3. The third-order valence-corrected chi connectivity index (χ3v) is 9.12. The number of nitrogens with zero attached hydrogens (tertiary/aromatic N) is 12. The van der Waals surface area contributed by atoms with Crippen LogP contribution in [0.1, 0.15) is 77.6 Å². The van der Waals surface area contributed by atoms with E-state index in [2.05, 4.69) is 49.0 Å². The van der Waals surface area contributed by atoms with Crippen molar-refractivity contribution in [1.82, 2.24) is 21.3 Å². The van der Waals surface area contributed by atoms with Crippen LogP contribution < -0.4 is 120 Å². The predicted molar refractivity (Wildman–Crippen MR) is 263 cm³/mol. The molecule has 4 rings (SSSR count). The maximum Gasteiger partial charge on any atom is 3.00 e. The molecule has 0 radical (unpaired) electrons. The van der Waals surface area contributed by atoms with E-state index < -0.39 is 0 Å². The smallest absolute Gasteiger partial charge is 0.870 e. The van der Waals surface area contributed by atoms with E-state index in [1.54, 1.807) is 24.3 Å². The van der Waals surface area contributed by atoms with Gasteiger partial charge < -0.3 is 105 Å². The Morgan fingerprint density at radius 1 is 0.378 bits per heavy atom. The summed E-state index contributed by atoms with van der Waals surface area (Å²) in [5.41, 5.74) is 56.7. The summed E-state index contributed by atoms with van der Waals surface area (Å²) in [7, 11) is 0. The summed E-state index contributed by atoms with van der Waals surface area (Å²) in [6, 6.07) is 21.5. The van der Waals surface area contributed by atoms with Crippen LogP contribution in [0.4, 0.5) is 0 Å². The molecule has 0 aromatic heterocycles. The molecule has 0 bridgehead atoms. The molecule has 0 unspecified atom stereocenters. The van der Waals surface area contributed by atoms with Crippen LogP contribution in [0.2, 0.25) is 0 Å². The second kappa shape index (κ2) is 49.3. The molecule has 0 aliphatic rings. The second-order valence-corrected chi connectivity index (χ2v) is 15.8. The van der Waals surface area contributed by atoms with Crippen LogP contribution in [0.15, 0.2) is 72.8 Å². The summed E-state index contributed by atoms with van der Waals surface area (Å²) in [5.74, 6) is 1.35. The van der Waals surface area contributed by atoms with Crippen LogP contribution in [0, 0.1) is 10.8 Å². The maximum absolute atomic E-state index is 12.3. The summed E-state index contributed by atoms with van der Waals surface area (Å²) < 4.78 is 21.5. The third-order valence-electron chi connectivity index (χ3n) is 9.12. The molecule has 0 saturated carbocycles. The van der Waals surface area contributed by atoms with Gasteiger partial charge in [-0.1, -0.05) is 99.2 Å². The molecule has 0 atom stereocenters. The summed E-state index contributed by atoms with van der Waals surface area (Å²) in [4.78, 5) is 6.00. The van der Waals surface area contributed by atoms with E-state index in [0.717, 1.165) is 26.2 Å². The normalized spacial score (nSPS) is 9.41. The number of hydrogen-bond donors (Lipinski definition) is 4. The van der Waals surface area contributed by atoms with Crippen LogP contribution in [0.25, 0.3) is 63.9 Å². The molecule has 0 heterocycles. The standard InChI is InChI=1S/2C23H34N2O4.2Co.4N3.2Na/c2*1-5-28-19-11-7-9-17(21(19)26)13-24-15-23(3,4)16-25-14-18-10-8-12-20(22(18)27)29-6-2;;;4*1-3-2;;/h2*7-12,24-27H,5-6,13-16H2,1-4H3;;;;;;;;/q;;2*+3;4*-1;2*+1/p-4. The van der Waals surface area contributed by atoms with E-state index in [0.29, 0.717) is 97.9 Å². The van der Waals surface area contributed by atoms with Gasteiger partial charge in [-0.05, 0) is 85.0 Å². The summed E-state index contributed by atoms with van der Waals surface area (Å²) in [6.07, 6.45) is 0. The number of nitrogens with one attached hydrogen (secondary N) is 4. The number of ether oxygens (including phenoxy) is 4. The Morgan fingerprint density at radius 3 is 0.689 bits per heavy atom. The van der Waals surface area contributed by atoms with Gasteiger partial charge in [-0.25, -0.2) is 0 Å². The fraction of sp³-hybridized carbons (Fsp3) is 0.478. The fourth-order valence-electron chi connectivity index (χ4n) is 6.15. The fourth-order valence-corrected chi connectivity index (χ4v) is 6.15. The van der Waals surface area contributed by atoms with Gasteiger partial charge in [0.25, 0.3) is 0 Å². The molecule has 4 aromatic rings. The van der Waals surface area contributed by atoms with Gasteiger partial charge >= 0.3 is 92.7 Å². The summed E-state index contributed by atoms with van der Waals surface area (Å²) in [6.45, 7) is 22.8. The Balaban J connectivity index is -0.000000246. The van der Waals surface area contributed by atoms with E-state index in [1.165, 1.54) is 19.6 Å². The zero-order valence-electron chi connectivity index (χ0n) is 43.7. The molecule has 28 heteroatoms. The Bertz CT molecular complexity index is 1940. The molecule has 0 aliphatic heterocycles. The van der Waals surface area contributed by atoms with E-state index in [1.807, 2.05) is 76.2 Å². The molecule has 74 heavy (non-hydrogen) atoms. The van der Waals surface area contributed by atoms with Crippen molar-refractivity contribution in [2.75, 3.05) is 52.6 Å². The Kier molecular flexibility index (Phi) is 53.8. The molecular formula is C46H64Co2N16Na2O8. The first-order chi connectivity index (χ1) is 33.4. The molecule has 0 fully saturated rings. The minimum Gasteiger partial charge on any atom is -0.870 e. The van der Waals surface area contributed by atoms with Crippen LogP contribution in [-0.2, 0) is 59.7 Å². The van der Waals surface area contributed by atoms with Gasteiger partial charge in [-0.15, -0.1) is 0 Å². The Hall–Kier alpha value is -4.63. The molecule has 0 aliphatic carbocycles. The van der Waals surface area contributed by atoms with Gasteiger partial charge in [-0.3, -0.25) is 19.6 Å². The molecule has 4 N–H and O–H groups in total. The largest absolute Gasteiger partial charge is 3.00 e. The van der Waals surface area contributed by atoms with E-state index in [4.69, 9.17) is 63.2 Å². The first-order valence-corrected chi connectivity index (χ1v) is 21.8. The molecule has 24 nitrogen and oxygen atoms in total. The molecular weight excluding hydrogens is 1070 g/mol. The SMILES string of the molecule is CCOc1cccc(CNCC(C)(C)CNCc2cccc(OCC)c2[O-])c1[O-].CCOc1cccc(CNCC(C)(C)CNCc2cccc(OCC)c2[O-])c1[O-].[Co+3].[Co+3].[N-]=[N+]=[N-].[N-]=[N+]=[N-].[N-]=[N+]=[N-].[N-]=[N+]=[N-].[Na+].[Na+]. The van der Waals surface area contributed by atoms with Gasteiger partial charge in [0.15, 0.2) is 0 Å². The van der Waals surface area contributed by atoms with Crippen molar-refractivity contribution in [3.05, 3.63) is 159 Å². The average molecular weight is 1130 g/mol.